The van der Waals surface area contributed by atoms with Gasteiger partial charge in [0.2, 0.25) is 0 Å². The van der Waals surface area contributed by atoms with Gasteiger partial charge in [0.1, 0.15) is 5.82 Å². The van der Waals surface area contributed by atoms with Gasteiger partial charge in [0, 0.05) is 59.8 Å². The van der Waals surface area contributed by atoms with Crippen molar-refractivity contribution in [3.05, 3.63) is 50.2 Å². The van der Waals surface area contributed by atoms with Gasteiger partial charge in [-0.2, -0.15) is 0 Å². The lowest BCUT2D eigenvalue weighted by molar-refractivity contribution is 0.0383. The van der Waals surface area contributed by atoms with Crippen LogP contribution in [0.2, 0.25) is 0 Å². The summed E-state index contributed by atoms with van der Waals surface area (Å²) in [7, 11) is 0. The molecule has 27 heavy (non-hydrogen) atoms. The molecule has 2 atom stereocenters. The molecule has 1 aromatic carbocycles. The van der Waals surface area contributed by atoms with Gasteiger partial charge >= 0.3 is 0 Å². The molecule has 5 rings (SSSR count). The maximum atomic E-state index is 14.5. The van der Waals surface area contributed by atoms with Crippen LogP contribution in [0.15, 0.2) is 22.7 Å². The highest BCUT2D eigenvalue weighted by Crippen LogP contribution is 2.66. The summed E-state index contributed by atoms with van der Waals surface area (Å²) < 4.78 is 23.9. The Labute approximate surface area is 170 Å². The van der Waals surface area contributed by atoms with Gasteiger partial charge in [-0.3, -0.25) is 9.60 Å². The molecule has 2 aromatic rings. The highest BCUT2D eigenvalue weighted by molar-refractivity contribution is 9.10. The lowest BCUT2D eigenvalue weighted by Crippen LogP contribution is -2.37. The minimum absolute atomic E-state index is 0. The number of benzene rings is 1. The Hall–Kier alpha value is -1.09. The number of hydrogen-bond donors (Lipinski definition) is 1. The van der Waals surface area contributed by atoms with Gasteiger partial charge in [0.05, 0.1) is 13.2 Å². The molecule has 1 saturated heterocycles. The van der Waals surface area contributed by atoms with Crippen LogP contribution in [0.25, 0.3) is 0 Å². The van der Waals surface area contributed by atoms with E-state index in [1.54, 1.807) is 12.1 Å². The number of H-pyrrole nitrogens is 1. The second kappa shape index (κ2) is 7.06. The highest BCUT2D eigenvalue weighted by atomic mass is 79.9. The zero-order chi connectivity index (χ0) is 17.9. The normalized spacial score (nSPS) is 26.4. The molecule has 146 valence electrons. The Kier molecular flexibility index (Phi) is 5.03. The number of halogens is 3. The molecule has 1 aromatic heterocycles. The van der Waals surface area contributed by atoms with E-state index in [1.807, 2.05) is 6.07 Å². The van der Waals surface area contributed by atoms with Gasteiger partial charge in [0.25, 0.3) is 0 Å². The van der Waals surface area contributed by atoms with E-state index in [1.165, 1.54) is 11.4 Å². The van der Waals surface area contributed by atoms with Crippen LogP contribution < -0.4 is 0 Å². The molecule has 2 fully saturated rings. The van der Waals surface area contributed by atoms with Crippen molar-refractivity contribution in [2.24, 2.45) is 0 Å². The lowest BCUT2D eigenvalue weighted by Gasteiger charge is -2.26. The van der Waals surface area contributed by atoms with Crippen molar-refractivity contribution in [2.45, 2.75) is 30.7 Å². The van der Waals surface area contributed by atoms with Gasteiger partial charge in [-0.15, -0.1) is 0 Å². The first kappa shape index (κ1) is 19.2. The SMILES string of the molecule is F.Fc1ccc(Br)cc1[C@]12C[C@H]1c1c(CCN3CCOCC3)[nH]c(=S)n1C2. The minimum atomic E-state index is -0.112. The fraction of sp³-hybridized carbons (Fsp3) is 0.526. The average Bonchev–Trinajstić information content (AvgIpc) is 3.14. The molecule has 1 saturated carbocycles. The van der Waals surface area contributed by atoms with E-state index in [0.717, 1.165) is 67.0 Å². The van der Waals surface area contributed by atoms with Crippen LogP contribution in [0, 0.1) is 10.6 Å². The molecule has 3 aliphatic rings. The van der Waals surface area contributed by atoms with Crippen molar-refractivity contribution in [2.75, 3.05) is 32.8 Å². The van der Waals surface area contributed by atoms with Crippen LogP contribution in [-0.2, 0) is 23.1 Å². The maximum absolute atomic E-state index is 14.5. The van der Waals surface area contributed by atoms with Crippen molar-refractivity contribution >= 4 is 28.1 Å². The van der Waals surface area contributed by atoms with Crippen LogP contribution in [0.3, 0.4) is 0 Å². The summed E-state index contributed by atoms with van der Waals surface area (Å²) >= 11 is 9.07. The lowest BCUT2D eigenvalue weighted by atomic mass is 9.93. The van der Waals surface area contributed by atoms with E-state index in [0.29, 0.717) is 5.92 Å². The summed E-state index contributed by atoms with van der Waals surface area (Å²) in [5, 5.41) is 0. The van der Waals surface area contributed by atoms with E-state index in [9.17, 15) is 4.39 Å². The molecule has 1 N–H and O–H groups in total. The third-order valence-corrected chi connectivity index (χ3v) is 7.01. The van der Waals surface area contributed by atoms with E-state index in [-0.39, 0.29) is 15.9 Å². The van der Waals surface area contributed by atoms with E-state index in [2.05, 4.69) is 30.4 Å². The summed E-state index contributed by atoms with van der Waals surface area (Å²) in [6.45, 7) is 5.42. The highest BCUT2D eigenvalue weighted by Gasteiger charge is 2.63. The van der Waals surface area contributed by atoms with E-state index < -0.39 is 0 Å². The third kappa shape index (κ3) is 3.10. The average molecular weight is 458 g/mol. The van der Waals surface area contributed by atoms with Crippen LogP contribution in [-0.4, -0.2) is 47.3 Å². The van der Waals surface area contributed by atoms with Crippen molar-refractivity contribution in [3.8, 4) is 0 Å². The number of hydrogen-bond acceptors (Lipinski definition) is 3. The molecular weight excluding hydrogens is 436 g/mol. The zero-order valence-electron chi connectivity index (χ0n) is 14.8. The fourth-order valence-electron chi connectivity index (χ4n) is 4.76. The quantitative estimate of drug-likeness (QED) is 0.706. The van der Waals surface area contributed by atoms with Gasteiger partial charge in [-0.05, 0) is 42.4 Å². The maximum Gasteiger partial charge on any atom is 0.177 e. The molecule has 0 amide bonds. The smallest absolute Gasteiger partial charge is 0.177 e. The Morgan fingerprint density at radius 3 is 2.89 bits per heavy atom. The number of rotatable bonds is 4. The van der Waals surface area contributed by atoms with E-state index >= 15 is 0 Å². The number of nitrogens with one attached hydrogen (secondary N) is 1. The predicted molar refractivity (Wildman–Crippen MR) is 106 cm³/mol. The molecule has 4 nitrogen and oxygen atoms in total. The summed E-state index contributed by atoms with van der Waals surface area (Å²) in [4.78, 5) is 5.86. The number of aromatic amines is 1. The van der Waals surface area contributed by atoms with Crippen molar-refractivity contribution in [1.82, 2.24) is 14.5 Å². The minimum Gasteiger partial charge on any atom is -0.379 e. The standard InChI is InChI=1S/C19H21BrFN3OS.FH/c20-12-1-2-15(21)13(9-12)19-10-14(19)17-16(22-18(26)24(17)11-19)3-4-23-5-7-25-8-6-23;/h1-2,9,14H,3-8,10-11H2,(H,22,26);1H/t14-,19+;/m0./s1. The largest absolute Gasteiger partial charge is 0.379 e. The number of aromatic nitrogens is 2. The molecule has 0 unspecified atom stereocenters. The second-order valence-corrected chi connectivity index (χ2v) is 8.92. The van der Waals surface area contributed by atoms with Crippen molar-refractivity contribution < 1.29 is 13.8 Å². The molecular formula is C19H22BrF2N3OS. The number of ether oxygens (including phenoxy) is 1. The molecule has 2 aliphatic heterocycles. The molecule has 0 radical (unpaired) electrons. The van der Waals surface area contributed by atoms with E-state index in [4.69, 9.17) is 17.0 Å². The van der Waals surface area contributed by atoms with Crippen LogP contribution >= 0.6 is 28.1 Å². The summed E-state index contributed by atoms with van der Waals surface area (Å²) in [6, 6.07) is 5.28. The van der Waals surface area contributed by atoms with Gasteiger partial charge < -0.3 is 14.3 Å². The molecule has 1 aliphatic carbocycles. The number of morpholine rings is 1. The van der Waals surface area contributed by atoms with Crippen molar-refractivity contribution in [1.29, 1.82) is 0 Å². The predicted octanol–water partition coefficient (Wildman–Crippen LogP) is 3.91. The first-order valence-electron chi connectivity index (χ1n) is 9.16. The topological polar surface area (TPSA) is 33.2 Å². The Bertz CT molecular complexity index is 924. The number of imidazole rings is 1. The van der Waals surface area contributed by atoms with Crippen LogP contribution in [0.5, 0.6) is 0 Å². The summed E-state index contributed by atoms with van der Waals surface area (Å²) in [5.74, 6) is 0.269. The third-order valence-electron chi connectivity index (χ3n) is 6.20. The van der Waals surface area contributed by atoms with Gasteiger partial charge in [0.15, 0.2) is 4.77 Å². The van der Waals surface area contributed by atoms with Crippen LogP contribution in [0.4, 0.5) is 9.09 Å². The first-order chi connectivity index (χ1) is 12.6. The fourth-order valence-corrected chi connectivity index (χ4v) is 5.40. The molecule has 8 heteroatoms. The zero-order valence-corrected chi connectivity index (χ0v) is 17.2. The summed E-state index contributed by atoms with van der Waals surface area (Å²) in [5.41, 5.74) is 3.26. The van der Waals surface area contributed by atoms with Gasteiger partial charge in [-0.1, -0.05) is 15.9 Å². The first-order valence-corrected chi connectivity index (χ1v) is 10.4. The molecule has 3 heterocycles. The Morgan fingerprint density at radius 2 is 2.11 bits per heavy atom. The summed E-state index contributed by atoms with van der Waals surface area (Å²) in [6.07, 6.45) is 1.97. The number of nitrogens with zero attached hydrogens (tertiary/aromatic N) is 2. The van der Waals surface area contributed by atoms with Crippen molar-refractivity contribution in [3.63, 3.8) is 0 Å². The Morgan fingerprint density at radius 1 is 1.33 bits per heavy atom. The number of fused-ring (bicyclic) bond motifs is 3. The van der Waals surface area contributed by atoms with Gasteiger partial charge in [-0.25, -0.2) is 4.39 Å². The van der Waals surface area contributed by atoms with Crippen LogP contribution in [0.1, 0.15) is 29.3 Å². The molecule has 0 spiro atoms. The Balaban J connectivity index is 0.00000180. The monoisotopic (exact) mass is 457 g/mol. The molecule has 0 bridgehead atoms. The second-order valence-electron chi connectivity index (χ2n) is 7.62.